The van der Waals surface area contributed by atoms with Gasteiger partial charge in [0.1, 0.15) is 0 Å². The van der Waals surface area contributed by atoms with Crippen molar-refractivity contribution in [3.8, 4) is 0 Å². The molecule has 2 aromatic carbocycles. The van der Waals surface area contributed by atoms with Gasteiger partial charge in [-0.1, -0.05) is 24.3 Å². The molecule has 1 amide bonds. The summed E-state index contributed by atoms with van der Waals surface area (Å²) in [6.07, 6.45) is 0. The number of nitrogen functional groups attached to an aromatic ring is 1. The van der Waals surface area contributed by atoms with Crippen molar-refractivity contribution >= 4 is 28.8 Å². The van der Waals surface area contributed by atoms with E-state index in [4.69, 9.17) is 5.73 Å². The third-order valence-electron chi connectivity index (χ3n) is 3.42. The summed E-state index contributed by atoms with van der Waals surface area (Å²) in [7, 11) is 0. The molecule has 0 radical (unpaired) electrons. The zero-order chi connectivity index (χ0) is 15.1. The Labute approximate surface area is 120 Å². The first-order valence-corrected chi connectivity index (χ1v) is 6.39. The van der Waals surface area contributed by atoms with Crippen molar-refractivity contribution in [3.05, 3.63) is 58.7 Å². The fourth-order valence-corrected chi connectivity index (χ4v) is 2.56. The molecule has 1 aliphatic carbocycles. The van der Waals surface area contributed by atoms with Crippen molar-refractivity contribution in [1.29, 1.82) is 0 Å². The fourth-order valence-electron chi connectivity index (χ4n) is 2.56. The number of nitrogens with one attached hydrogen (secondary N) is 1. The number of rotatable bonds is 1. The molecule has 0 atom stereocenters. The maximum Gasteiger partial charge on any atom is 0.221 e. The number of carbonyl (C=O) groups excluding carboxylic acids is 3. The highest BCUT2D eigenvalue weighted by molar-refractivity contribution is 6.32. The Kier molecular flexibility index (Phi) is 2.83. The van der Waals surface area contributed by atoms with Crippen LogP contribution in [-0.2, 0) is 4.79 Å². The molecule has 0 spiro atoms. The molecule has 21 heavy (non-hydrogen) atoms. The molecule has 2 aromatic rings. The van der Waals surface area contributed by atoms with Crippen LogP contribution in [0.25, 0.3) is 0 Å². The first kappa shape index (κ1) is 13.1. The molecule has 5 heteroatoms. The van der Waals surface area contributed by atoms with Gasteiger partial charge in [-0.05, 0) is 12.1 Å². The summed E-state index contributed by atoms with van der Waals surface area (Å²) in [4.78, 5) is 36.5. The van der Waals surface area contributed by atoms with E-state index in [0.29, 0.717) is 5.69 Å². The van der Waals surface area contributed by atoms with Gasteiger partial charge in [0.25, 0.3) is 0 Å². The van der Waals surface area contributed by atoms with Crippen molar-refractivity contribution in [2.24, 2.45) is 0 Å². The minimum atomic E-state index is -0.309. The molecule has 0 fully saturated rings. The first-order valence-electron chi connectivity index (χ1n) is 6.39. The van der Waals surface area contributed by atoms with Crippen LogP contribution < -0.4 is 11.1 Å². The van der Waals surface area contributed by atoms with Gasteiger partial charge < -0.3 is 11.1 Å². The third kappa shape index (κ3) is 1.90. The minimum absolute atomic E-state index is 0.218. The molecule has 1 aliphatic rings. The molecule has 0 unspecified atom stereocenters. The van der Waals surface area contributed by atoms with E-state index in [1.54, 1.807) is 36.4 Å². The van der Waals surface area contributed by atoms with Gasteiger partial charge in [-0.3, -0.25) is 14.4 Å². The van der Waals surface area contributed by atoms with Crippen molar-refractivity contribution in [2.75, 3.05) is 11.1 Å². The average Bonchev–Trinajstić information content (AvgIpc) is 2.44. The normalized spacial score (nSPS) is 12.6. The van der Waals surface area contributed by atoms with Gasteiger partial charge >= 0.3 is 0 Å². The summed E-state index contributed by atoms with van der Waals surface area (Å²) in [6, 6.07) is 9.58. The number of hydrogen-bond donors (Lipinski definition) is 2. The van der Waals surface area contributed by atoms with Gasteiger partial charge in [0, 0.05) is 23.7 Å². The summed E-state index contributed by atoms with van der Waals surface area (Å²) >= 11 is 0. The first-order chi connectivity index (χ1) is 10.0. The lowest BCUT2D eigenvalue weighted by Crippen LogP contribution is -2.24. The molecule has 3 N–H and O–H groups in total. The van der Waals surface area contributed by atoms with Crippen LogP contribution >= 0.6 is 0 Å². The number of hydrogen-bond acceptors (Lipinski definition) is 4. The van der Waals surface area contributed by atoms with E-state index >= 15 is 0 Å². The van der Waals surface area contributed by atoms with Gasteiger partial charge in [-0.2, -0.15) is 0 Å². The second-order valence-electron chi connectivity index (χ2n) is 4.84. The Morgan fingerprint density at radius 3 is 2.19 bits per heavy atom. The molecule has 0 heterocycles. The van der Waals surface area contributed by atoms with Crippen LogP contribution in [0.1, 0.15) is 38.8 Å². The molecule has 104 valence electrons. The zero-order valence-corrected chi connectivity index (χ0v) is 11.3. The molecular weight excluding hydrogens is 268 g/mol. The van der Waals surface area contributed by atoms with Crippen molar-refractivity contribution in [3.63, 3.8) is 0 Å². The third-order valence-corrected chi connectivity index (χ3v) is 3.42. The molecular formula is C16H12N2O3. The lowest BCUT2D eigenvalue weighted by atomic mass is 9.82. The Morgan fingerprint density at radius 1 is 0.952 bits per heavy atom. The number of anilines is 2. The summed E-state index contributed by atoms with van der Waals surface area (Å²) in [5, 5.41) is 2.59. The van der Waals surface area contributed by atoms with Crippen LogP contribution in [0.15, 0.2) is 36.4 Å². The van der Waals surface area contributed by atoms with Crippen LogP contribution in [-0.4, -0.2) is 17.5 Å². The molecule has 0 saturated heterocycles. The predicted molar refractivity (Wildman–Crippen MR) is 78.5 cm³/mol. The number of benzene rings is 2. The fraction of sp³-hybridized carbons (Fsp3) is 0.0625. The maximum atomic E-state index is 12.6. The number of carbonyl (C=O) groups is 3. The lowest BCUT2D eigenvalue weighted by molar-refractivity contribution is -0.114. The minimum Gasteiger partial charge on any atom is -0.398 e. The van der Waals surface area contributed by atoms with E-state index in [1.807, 2.05) is 0 Å². The Morgan fingerprint density at radius 2 is 1.52 bits per heavy atom. The molecule has 0 saturated carbocycles. The van der Waals surface area contributed by atoms with Gasteiger partial charge in [-0.15, -0.1) is 0 Å². The lowest BCUT2D eigenvalue weighted by Gasteiger charge is -2.21. The summed E-state index contributed by atoms with van der Waals surface area (Å²) in [5.74, 6) is -0.914. The van der Waals surface area contributed by atoms with E-state index in [1.165, 1.54) is 6.92 Å². The van der Waals surface area contributed by atoms with E-state index < -0.39 is 0 Å². The zero-order valence-electron chi connectivity index (χ0n) is 11.3. The SMILES string of the molecule is CC(=O)Nc1cccc2c1C(=O)c1cccc(N)c1C2=O. The summed E-state index contributed by atoms with van der Waals surface area (Å²) in [5.41, 5.74) is 7.42. The molecule has 5 nitrogen and oxygen atoms in total. The Hall–Kier alpha value is -2.95. The summed E-state index contributed by atoms with van der Waals surface area (Å²) < 4.78 is 0. The second-order valence-corrected chi connectivity index (χ2v) is 4.84. The standard InChI is InChI=1S/C16H12N2O3/c1-8(19)18-12-7-3-5-10-14(12)16(21)9-4-2-6-11(17)13(9)15(10)20/h2-7H,17H2,1H3,(H,18,19). The highest BCUT2D eigenvalue weighted by Crippen LogP contribution is 2.34. The topological polar surface area (TPSA) is 89.3 Å². The smallest absolute Gasteiger partial charge is 0.221 e. The van der Waals surface area contributed by atoms with E-state index in [-0.39, 0.29) is 45.4 Å². The number of ketones is 2. The van der Waals surface area contributed by atoms with Crippen LogP contribution in [0.5, 0.6) is 0 Å². The molecule has 0 bridgehead atoms. The average molecular weight is 280 g/mol. The Balaban J connectivity index is 2.28. The van der Waals surface area contributed by atoms with Gasteiger partial charge in [-0.25, -0.2) is 0 Å². The molecule has 0 aliphatic heterocycles. The van der Waals surface area contributed by atoms with Crippen LogP contribution in [0.4, 0.5) is 11.4 Å². The van der Waals surface area contributed by atoms with E-state index in [0.717, 1.165) is 0 Å². The molecule has 0 aromatic heterocycles. The van der Waals surface area contributed by atoms with Crippen molar-refractivity contribution in [1.82, 2.24) is 0 Å². The highest BCUT2D eigenvalue weighted by Gasteiger charge is 2.33. The molecule has 3 rings (SSSR count). The predicted octanol–water partition coefficient (Wildman–Crippen LogP) is 2.00. The van der Waals surface area contributed by atoms with Crippen molar-refractivity contribution in [2.45, 2.75) is 6.92 Å². The van der Waals surface area contributed by atoms with E-state index in [2.05, 4.69) is 5.32 Å². The number of fused-ring (bicyclic) bond motifs is 2. The number of nitrogens with two attached hydrogens (primary N) is 1. The number of amides is 1. The van der Waals surface area contributed by atoms with Gasteiger partial charge in [0.15, 0.2) is 11.6 Å². The van der Waals surface area contributed by atoms with Crippen LogP contribution in [0.2, 0.25) is 0 Å². The van der Waals surface area contributed by atoms with Gasteiger partial charge in [0.05, 0.1) is 16.8 Å². The quantitative estimate of drug-likeness (QED) is 0.667. The Bertz CT molecular complexity index is 809. The monoisotopic (exact) mass is 280 g/mol. The van der Waals surface area contributed by atoms with Crippen molar-refractivity contribution < 1.29 is 14.4 Å². The highest BCUT2D eigenvalue weighted by atomic mass is 16.2. The second kappa shape index (κ2) is 4.56. The van der Waals surface area contributed by atoms with Crippen LogP contribution in [0.3, 0.4) is 0 Å². The summed E-state index contributed by atoms with van der Waals surface area (Å²) in [6.45, 7) is 1.35. The van der Waals surface area contributed by atoms with E-state index in [9.17, 15) is 14.4 Å². The maximum absolute atomic E-state index is 12.6. The van der Waals surface area contributed by atoms with Crippen LogP contribution in [0, 0.1) is 0 Å². The van der Waals surface area contributed by atoms with Gasteiger partial charge in [0.2, 0.25) is 5.91 Å². The largest absolute Gasteiger partial charge is 0.398 e.